The highest BCUT2D eigenvalue weighted by Gasteiger charge is 2.12. The molecule has 0 aliphatic heterocycles. The first-order valence-corrected chi connectivity index (χ1v) is 9.34. The standard InChI is InChI=1S/C21H17N3O3S/c1-13-3-6-17(9-14(13)2)18-12-28-21(23-18)24-19(25)11-27-20(26)16-7-4-15(10-22)5-8-16/h3-9,12H,11H2,1-2H3,(H,23,24,25). The third kappa shape index (κ3) is 4.61. The Morgan fingerprint density at radius 2 is 1.89 bits per heavy atom. The van der Waals surface area contributed by atoms with E-state index < -0.39 is 18.5 Å². The SMILES string of the molecule is Cc1ccc(-c2csc(NC(=O)COC(=O)c3ccc(C#N)cc3)n2)cc1C. The van der Waals surface area contributed by atoms with Crippen LogP contribution in [-0.2, 0) is 9.53 Å². The third-order valence-electron chi connectivity index (χ3n) is 4.14. The molecule has 0 aliphatic carbocycles. The highest BCUT2D eigenvalue weighted by Crippen LogP contribution is 2.26. The highest BCUT2D eigenvalue weighted by molar-refractivity contribution is 7.14. The number of aromatic nitrogens is 1. The van der Waals surface area contributed by atoms with Crippen LogP contribution in [0.15, 0.2) is 47.8 Å². The molecule has 0 fully saturated rings. The Bertz CT molecular complexity index is 1070. The van der Waals surface area contributed by atoms with Gasteiger partial charge in [0, 0.05) is 10.9 Å². The van der Waals surface area contributed by atoms with E-state index in [9.17, 15) is 9.59 Å². The summed E-state index contributed by atoms with van der Waals surface area (Å²) < 4.78 is 5.00. The summed E-state index contributed by atoms with van der Waals surface area (Å²) in [5, 5.41) is 13.7. The minimum Gasteiger partial charge on any atom is -0.452 e. The Morgan fingerprint density at radius 1 is 1.14 bits per heavy atom. The van der Waals surface area contributed by atoms with Crippen molar-refractivity contribution in [3.8, 4) is 17.3 Å². The Kier molecular flexibility index (Phi) is 5.82. The van der Waals surface area contributed by atoms with Crippen molar-refractivity contribution >= 4 is 28.3 Å². The summed E-state index contributed by atoms with van der Waals surface area (Å²) in [6, 6.07) is 14.0. The van der Waals surface area contributed by atoms with Crippen LogP contribution in [-0.4, -0.2) is 23.5 Å². The lowest BCUT2D eigenvalue weighted by Crippen LogP contribution is -2.20. The molecule has 0 aliphatic rings. The van der Waals surface area contributed by atoms with Gasteiger partial charge in [0.15, 0.2) is 11.7 Å². The van der Waals surface area contributed by atoms with E-state index in [4.69, 9.17) is 10.00 Å². The Hall–Kier alpha value is -3.50. The van der Waals surface area contributed by atoms with Crippen molar-refractivity contribution in [1.29, 1.82) is 5.26 Å². The van der Waals surface area contributed by atoms with Crippen molar-refractivity contribution in [1.82, 2.24) is 4.98 Å². The maximum atomic E-state index is 12.0. The fourth-order valence-corrected chi connectivity index (χ4v) is 3.15. The van der Waals surface area contributed by atoms with Gasteiger partial charge in [0.05, 0.1) is 22.9 Å². The summed E-state index contributed by atoms with van der Waals surface area (Å²) in [6.07, 6.45) is 0. The van der Waals surface area contributed by atoms with Gasteiger partial charge < -0.3 is 4.74 Å². The molecule has 0 spiro atoms. The van der Waals surface area contributed by atoms with Crippen molar-refractivity contribution in [2.75, 3.05) is 11.9 Å². The van der Waals surface area contributed by atoms with Crippen LogP contribution in [0.1, 0.15) is 27.0 Å². The molecular weight excluding hydrogens is 374 g/mol. The summed E-state index contributed by atoms with van der Waals surface area (Å²) in [5.41, 5.74) is 4.85. The zero-order chi connectivity index (χ0) is 20.1. The third-order valence-corrected chi connectivity index (χ3v) is 4.89. The molecule has 2 aromatic carbocycles. The topological polar surface area (TPSA) is 92.1 Å². The minimum atomic E-state index is -0.630. The summed E-state index contributed by atoms with van der Waals surface area (Å²) in [7, 11) is 0. The monoisotopic (exact) mass is 391 g/mol. The van der Waals surface area contributed by atoms with Gasteiger partial charge in [0.2, 0.25) is 0 Å². The summed E-state index contributed by atoms with van der Waals surface area (Å²) in [6.45, 7) is 3.67. The number of benzene rings is 2. The van der Waals surface area contributed by atoms with E-state index in [2.05, 4.69) is 16.4 Å². The molecule has 0 unspecified atom stereocenters. The van der Waals surface area contributed by atoms with Crippen LogP contribution >= 0.6 is 11.3 Å². The molecule has 0 radical (unpaired) electrons. The average molecular weight is 391 g/mol. The first kappa shape index (κ1) is 19.3. The predicted molar refractivity (Wildman–Crippen MR) is 107 cm³/mol. The molecule has 1 N–H and O–H groups in total. The zero-order valence-electron chi connectivity index (χ0n) is 15.4. The van der Waals surface area contributed by atoms with Crippen molar-refractivity contribution in [2.24, 2.45) is 0 Å². The number of nitriles is 1. The molecule has 7 heteroatoms. The lowest BCUT2D eigenvalue weighted by molar-refractivity contribution is -0.119. The Labute approximate surface area is 166 Å². The lowest BCUT2D eigenvalue weighted by atomic mass is 10.1. The molecule has 1 aromatic heterocycles. The van der Waals surface area contributed by atoms with Crippen LogP contribution in [0.2, 0.25) is 0 Å². The van der Waals surface area contributed by atoms with Crippen LogP contribution in [0.3, 0.4) is 0 Å². The Morgan fingerprint density at radius 3 is 2.57 bits per heavy atom. The number of thiazole rings is 1. The number of hydrogen-bond acceptors (Lipinski definition) is 6. The predicted octanol–water partition coefficient (Wildman–Crippen LogP) is 4.09. The van der Waals surface area contributed by atoms with Crippen molar-refractivity contribution in [3.63, 3.8) is 0 Å². The molecule has 3 aromatic rings. The number of esters is 1. The first-order chi connectivity index (χ1) is 13.5. The molecule has 6 nitrogen and oxygen atoms in total. The lowest BCUT2D eigenvalue weighted by Gasteiger charge is -2.05. The highest BCUT2D eigenvalue weighted by atomic mass is 32.1. The number of nitrogens with one attached hydrogen (secondary N) is 1. The van der Waals surface area contributed by atoms with Gasteiger partial charge in [-0.1, -0.05) is 12.1 Å². The van der Waals surface area contributed by atoms with E-state index in [1.54, 1.807) is 0 Å². The quantitative estimate of drug-likeness (QED) is 0.661. The maximum Gasteiger partial charge on any atom is 0.338 e. The average Bonchev–Trinajstić information content (AvgIpc) is 3.16. The molecule has 0 saturated carbocycles. The first-order valence-electron chi connectivity index (χ1n) is 8.46. The van der Waals surface area contributed by atoms with E-state index in [1.807, 2.05) is 37.4 Å². The number of rotatable bonds is 5. The number of hydrogen-bond donors (Lipinski definition) is 1. The number of anilines is 1. The molecule has 0 saturated heterocycles. The minimum absolute atomic E-state index is 0.276. The molecule has 0 atom stereocenters. The zero-order valence-corrected chi connectivity index (χ0v) is 16.2. The van der Waals surface area contributed by atoms with Gasteiger partial charge in [-0.25, -0.2) is 9.78 Å². The largest absolute Gasteiger partial charge is 0.452 e. The van der Waals surface area contributed by atoms with Crippen molar-refractivity contribution in [2.45, 2.75) is 13.8 Å². The second kappa shape index (κ2) is 8.46. The van der Waals surface area contributed by atoms with Crippen molar-refractivity contribution in [3.05, 3.63) is 70.1 Å². The molecule has 28 heavy (non-hydrogen) atoms. The van der Waals surface area contributed by atoms with Gasteiger partial charge in [-0.3, -0.25) is 10.1 Å². The summed E-state index contributed by atoms with van der Waals surface area (Å²) >= 11 is 1.30. The molecule has 0 bridgehead atoms. The summed E-state index contributed by atoms with van der Waals surface area (Å²) in [4.78, 5) is 28.4. The molecule has 1 heterocycles. The Balaban J connectivity index is 1.56. The van der Waals surface area contributed by atoms with Crippen molar-refractivity contribution < 1.29 is 14.3 Å². The second-order valence-electron chi connectivity index (χ2n) is 6.15. The summed E-state index contributed by atoms with van der Waals surface area (Å²) in [5.74, 6) is -1.10. The number of carbonyl (C=O) groups excluding carboxylic acids is 2. The van der Waals surface area contributed by atoms with Gasteiger partial charge >= 0.3 is 5.97 Å². The molecule has 140 valence electrons. The fraction of sp³-hybridized carbons (Fsp3) is 0.143. The molecule has 3 rings (SSSR count). The van der Waals surface area contributed by atoms with E-state index in [0.717, 1.165) is 11.3 Å². The molecular formula is C21H17N3O3S. The van der Waals surface area contributed by atoms with Crippen LogP contribution < -0.4 is 5.32 Å². The van der Waals surface area contributed by atoms with E-state index in [0.29, 0.717) is 10.7 Å². The van der Waals surface area contributed by atoms with Gasteiger partial charge in [-0.2, -0.15) is 5.26 Å². The van der Waals surface area contributed by atoms with Crippen LogP contribution in [0, 0.1) is 25.2 Å². The van der Waals surface area contributed by atoms with E-state index in [1.165, 1.54) is 46.7 Å². The van der Waals surface area contributed by atoms with Gasteiger partial charge in [0.1, 0.15) is 0 Å². The van der Waals surface area contributed by atoms with E-state index in [-0.39, 0.29) is 5.56 Å². The van der Waals surface area contributed by atoms with Gasteiger partial charge in [-0.05, 0) is 55.3 Å². The number of carbonyl (C=O) groups is 2. The van der Waals surface area contributed by atoms with E-state index >= 15 is 0 Å². The van der Waals surface area contributed by atoms with Gasteiger partial charge in [0.25, 0.3) is 5.91 Å². The van der Waals surface area contributed by atoms with Crippen LogP contribution in [0.5, 0.6) is 0 Å². The number of nitrogens with zero attached hydrogens (tertiary/aromatic N) is 2. The molecule has 1 amide bonds. The second-order valence-corrected chi connectivity index (χ2v) is 7.01. The van der Waals surface area contributed by atoms with Crippen LogP contribution in [0.25, 0.3) is 11.3 Å². The normalized spacial score (nSPS) is 10.2. The number of amides is 1. The smallest absolute Gasteiger partial charge is 0.338 e. The van der Waals surface area contributed by atoms with Gasteiger partial charge in [-0.15, -0.1) is 11.3 Å². The number of aryl methyl sites for hydroxylation is 2. The fourth-order valence-electron chi connectivity index (χ4n) is 2.42. The maximum absolute atomic E-state index is 12.0. The number of ether oxygens (including phenoxy) is 1. The van der Waals surface area contributed by atoms with Crippen LogP contribution in [0.4, 0.5) is 5.13 Å².